The number of ether oxygens (including phenoxy) is 1. The second-order valence-electron chi connectivity index (χ2n) is 6.60. The van der Waals surface area contributed by atoms with E-state index in [1.54, 1.807) is 7.11 Å². The van der Waals surface area contributed by atoms with E-state index in [4.69, 9.17) is 4.74 Å². The summed E-state index contributed by atoms with van der Waals surface area (Å²) in [4.78, 5) is 30.6. The summed E-state index contributed by atoms with van der Waals surface area (Å²) in [6, 6.07) is 15.0. The Morgan fingerprint density at radius 3 is 2.66 bits per heavy atom. The summed E-state index contributed by atoms with van der Waals surface area (Å²) >= 11 is 1.41. The van der Waals surface area contributed by atoms with Gasteiger partial charge in [-0.3, -0.25) is 14.2 Å². The molecule has 0 atom stereocenters. The molecule has 0 aliphatic heterocycles. The molecule has 6 nitrogen and oxygen atoms in total. The first-order valence-electron chi connectivity index (χ1n) is 9.03. The van der Waals surface area contributed by atoms with Gasteiger partial charge in [0.05, 0.1) is 18.8 Å². The van der Waals surface area contributed by atoms with Crippen LogP contribution in [0.1, 0.15) is 5.56 Å². The quantitative estimate of drug-likeness (QED) is 0.543. The molecule has 2 aromatic heterocycles. The lowest BCUT2D eigenvalue weighted by Crippen LogP contribution is -2.28. The summed E-state index contributed by atoms with van der Waals surface area (Å²) in [5.41, 5.74) is 3.16. The fraction of sp³-hybridized carbons (Fsp3) is 0.136. The van der Waals surface area contributed by atoms with E-state index in [-0.39, 0.29) is 18.0 Å². The maximum atomic E-state index is 13.1. The van der Waals surface area contributed by atoms with Crippen molar-refractivity contribution in [2.24, 2.45) is 0 Å². The lowest BCUT2D eigenvalue weighted by Gasteiger charge is -2.09. The van der Waals surface area contributed by atoms with Gasteiger partial charge in [0, 0.05) is 16.6 Å². The van der Waals surface area contributed by atoms with E-state index in [1.807, 2.05) is 60.8 Å². The number of carbonyl (C=O) groups is 1. The third kappa shape index (κ3) is 3.77. The fourth-order valence-electron chi connectivity index (χ4n) is 3.12. The highest BCUT2D eigenvalue weighted by molar-refractivity contribution is 7.17. The highest BCUT2D eigenvalue weighted by atomic mass is 32.1. The molecule has 7 heteroatoms. The van der Waals surface area contributed by atoms with Crippen molar-refractivity contribution in [2.45, 2.75) is 13.5 Å². The van der Waals surface area contributed by atoms with Crippen LogP contribution in [-0.4, -0.2) is 22.6 Å². The zero-order valence-electron chi connectivity index (χ0n) is 16.0. The number of hydrogen-bond acceptors (Lipinski definition) is 5. The molecule has 0 saturated heterocycles. The van der Waals surface area contributed by atoms with Crippen molar-refractivity contribution in [3.63, 3.8) is 0 Å². The van der Waals surface area contributed by atoms with Crippen LogP contribution in [0.2, 0.25) is 0 Å². The number of methoxy groups -OCH3 is 1. The van der Waals surface area contributed by atoms with Crippen LogP contribution < -0.4 is 15.6 Å². The Morgan fingerprint density at radius 2 is 1.93 bits per heavy atom. The number of rotatable bonds is 5. The Labute approximate surface area is 171 Å². The molecule has 1 N–H and O–H groups in total. The Morgan fingerprint density at radius 1 is 1.17 bits per heavy atom. The SMILES string of the molecule is COc1ccc(-c2csc3ncn(CC(=O)Nc4ccccc4C)c(=O)c23)cc1. The summed E-state index contributed by atoms with van der Waals surface area (Å²) in [5, 5.41) is 5.28. The van der Waals surface area contributed by atoms with Gasteiger partial charge in [0.1, 0.15) is 17.1 Å². The molecule has 0 bridgehead atoms. The molecular formula is C22H19N3O3S. The van der Waals surface area contributed by atoms with Crippen molar-refractivity contribution in [1.29, 1.82) is 0 Å². The van der Waals surface area contributed by atoms with Crippen LogP contribution in [0.15, 0.2) is 65.0 Å². The van der Waals surface area contributed by atoms with Gasteiger partial charge in [-0.15, -0.1) is 11.3 Å². The van der Waals surface area contributed by atoms with Crippen molar-refractivity contribution in [3.8, 4) is 16.9 Å². The molecule has 2 aromatic carbocycles. The Bertz CT molecular complexity index is 1240. The lowest BCUT2D eigenvalue weighted by atomic mass is 10.1. The predicted octanol–water partition coefficient (Wildman–Crippen LogP) is 4.08. The van der Waals surface area contributed by atoms with E-state index in [9.17, 15) is 9.59 Å². The maximum Gasteiger partial charge on any atom is 0.263 e. The molecule has 0 radical (unpaired) electrons. The minimum Gasteiger partial charge on any atom is -0.497 e. The van der Waals surface area contributed by atoms with Crippen LogP contribution >= 0.6 is 11.3 Å². The van der Waals surface area contributed by atoms with Gasteiger partial charge < -0.3 is 10.1 Å². The van der Waals surface area contributed by atoms with Crippen LogP contribution in [0.4, 0.5) is 5.69 Å². The highest BCUT2D eigenvalue weighted by Crippen LogP contribution is 2.31. The molecule has 4 rings (SSSR count). The molecule has 0 fully saturated rings. The predicted molar refractivity (Wildman–Crippen MR) is 116 cm³/mol. The number of benzene rings is 2. The number of amides is 1. The summed E-state index contributed by atoms with van der Waals surface area (Å²) < 4.78 is 6.54. The maximum absolute atomic E-state index is 13.1. The van der Waals surface area contributed by atoms with Gasteiger partial charge in [0.15, 0.2) is 0 Å². The average Bonchev–Trinajstić information content (AvgIpc) is 3.17. The van der Waals surface area contributed by atoms with Gasteiger partial charge in [-0.1, -0.05) is 30.3 Å². The summed E-state index contributed by atoms with van der Waals surface area (Å²) in [5.74, 6) is 0.473. The Balaban J connectivity index is 1.66. The molecule has 4 aromatic rings. The molecule has 0 spiro atoms. The minimum absolute atomic E-state index is 0.103. The van der Waals surface area contributed by atoms with Crippen molar-refractivity contribution in [2.75, 3.05) is 12.4 Å². The number of thiophene rings is 1. The molecule has 0 saturated carbocycles. The second kappa shape index (κ2) is 7.89. The molecule has 0 unspecified atom stereocenters. The van der Waals surface area contributed by atoms with Crippen LogP contribution in [0.3, 0.4) is 0 Å². The largest absolute Gasteiger partial charge is 0.497 e. The number of aromatic nitrogens is 2. The molecule has 29 heavy (non-hydrogen) atoms. The molecule has 2 heterocycles. The highest BCUT2D eigenvalue weighted by Gasteiger charge is 2.15. The number of aryl methyl sites for hydroxylation is 1. The first-order valence-corrected chi connectivity index (χ1v) is 9.91. The molecule has 0 aliphatic rings. The van der Waals surface area contributed by atoms with Crippen molar-refractivity contribution >= 4 is 33.1 Å². The number of anilines is 1. The van der Waals surface area contributed by atoms with E-state index in [1.165, 1.54) is 22.2 Å². The number of nitrogens with one attached hydrogen (secondary N) is 1. The number of para-hydroxylation sites is 1. The number of nitrogens with zero attached hydrogens (tertiary/aromatic N) is 2. The molecule has 0 aliphatic carbocycles. The zero-order chi connectivity index (χ0) is 20.4. The van der Waals surface area contributed by atoms with Crippen molar-refractivity contribution < 1.29 is 9.53 Å². The first kappa shape index (κ1) is 18.9. The van der Waals surface area contributed by atoms with E-state index >= 15 is 0 Å². The molecule has 1 amide bonds. The lowest BCUT2D eigenvalue weighted by molar-refractivity contribution is -0.116. The van der Waals surface area contributed by atoms with Gasteiger partial charge in [-0.25, -0.2) is 4.98 Å². The normalized spacial score (nSPS) is 10.8. The Kier molecular flexibility index (Phi) is 5.14. The Hall–Kier alpha value is -3.45. The van der Waals surface area contributed by atoms with Gasteiger partial charge in [0.25, 0.3) is 5.56 Å². The van der Waals surface area contributed by atoms with Gasteiger partial charge in [0.2, 0.25) is 5.91 Å². The van der Waals surface area contributed by atoms with E-state index in [2.05, 4.69) is 10.3 Å². The second-order valence-corrected chi connectivity index (χ2v) is 7.46. The van der Waals surface area contributed by atoms with E-state index < -0.39 is 0 Å². The third-order valence-corrected chi connectivity index (χ3v) is 5.58. The number of hydrogen-bond donors (Lipinski definition) is 1. The van der Waals surface area contributed by atoms with Crippen LogP contribution in [0, 0.1) is 6.92 Å². The summed E-state index contributed by atoms with van der Waals surface area (Å²) in [7, 11) is 1.61. The van der Waals surface area contributed by atoms with E-state index in [0.29, 0.717) is 10.2 Å². The number of fused-ring (bicyclic) bond motifs is 1. The smallest absolute Gasteiger partial charge is 0.263 e. The monoisotopic (exact) mass is 405 g/mol. The van der Waals surface area contributed by atoms with Crippen molar-refractivity contribution in [1.82, 2.24) is 9.55 Å². The van der Waals surface area contributed by atoms with Crippen LogP contribution in [-0.2, 0) is 11.3 Å². The van der Waals surface area contributed by atoms with Gasteiger partial charge in [-0.2, -0.15) is 0 Å². The number of carbonyl (C=O) groups excluding carboxylic acids is 1. The van der Waals surface area contributed by atoms with E-state index in [0.717, 1.165) is 28.1 Å². The van der Waals surface area contributed by atoms with Gasteiger partial charge in [-0.05, 0) is 36.2 Å². The summed E-state index contributed by atoms with van der Waals surface area (Å²) in [6.45, 7) is 1.82. The van der Waals surface area contributed by atoms with Crippen LogP contribution in [0.25, 0.3) is 21.3 Å². The first-order chi connectivity index (χ1) is 14.1. The third-order valence-electron chi connectivity index (χ3n) is 4.69. The fourth-order valence-corrected chi connectivity index (χ4v) is 4.03. The summed E-state index contributed by atoms with van der Waals surface area (Å²) in [6.07, 6.45) is 1.43. The molecular weight excluding hydrogens is 386 g/mol. The molecule has 146 valence electrons. The minimum atomic E-state index is -0.274. The zero-order valence-corrected chi connectivity index (χ0v) is 16.8. The standard InChI is InChI=1S/C22H19N3O3S/c1-14-5-3-4-6-18(14)24-19(26)11-25-13-23-21-20(22(25)27)17(12-29-21)15-7-9-16(28-2)10-8-15/h3-10,12-13H,11H2,1-2H3,(H,24,26). The van der Waals surface area contributed by atoms with Crippen molar-refractivity contribution in [3.05, 3.63) is 76.2 Å². The van der Waals surface area contributed by atoms with Crippen LogP contribution in [0.5, 0.6) is 5.75 Å². The topological polar surface area (TPSA) is 73.2 Å². The average molecular weight is 405 g/mol. The van der Waals surface area contributed by atoms with Gasteiger partial charge >= 0.3 is 0 Å².